The third kappa shape index (κ3) is 12.2. The second-order valence-electron chi connectivity index (χ2n) is 18.2. The second-order valence-corrected chi connectivity index (χ2v) is 18.2. The van der Waals surface area contributed by atoms with Gasteiger partial charge in [-0.2, -0.15) is 0 Å². The van der Waals surface area contributed by atoms with E-state index in [-0.39, 0.29) is 25.0 Å². The van der Waals surface area contributed by atoms with Gasteiger partial charge in [-0.25, -0.2) is 0 Å². The van der Waals surface area contributed by atoms with Crippen LogP contribution >= 0.6 is 0 Å². The minimum Gasteiger partial charge on any atom is -0.462 e. The molecule has 0 aromatic heterocycles. The van der Waals surface area contributed by atoms with Crippen LogP contribution in [0.5, 0.6) is 0 Å². The van der Waals surface area contributed by atoms with E-state index in [4.69, 9.17) is 14.2 Å². The van der Waals surface area contributed by atoms with Crippen LogP contribution in [0.15, 0.2) is 23.8 Å². The SMILES string of the molecule is C/C=C/COC(=O)CC(CCCCCO[C@H]1CC[C@@]2(C)C(=CCC3C4CC[C@H]([C@H](C)CCCC(C)C)C4[C@H](C)CC32)C1)OC(=O)CCCN(C)C. The molecular weight excluding hydrogens is 634 g/mol. The molecule has 6 nitrogen and oxygen atoms in total. The predicted octanol–water partition coefficient (Wildman–Crippen LogP) is 10.6. The Labute approximate surface area is 313 Å². The molecule has 51 heavy (non-hydrogen) atoms. The summed E-state index contributed by atoms with van der Waals surface area (Å²) in [7, 11) is 3.99. The van der Waals surface area contributed by atoms with Crippen molar-refractivity contribution in [3.8, 4) is 0 Å². The number of carbonyl (C=O) groups excluding carboxylic acids is 2. The number of nitrogens with zero attached hydrogens (tertiary/aromatic N) is 1. The first kappa shape index (κ1) is 42.1. The van der Waals surface area contributed by atoms with Crippen molar-refractivity contribution in [3.05, 3.63) is 23.8 Å². The fourth-order valence-corrected chi connectivity index (χ4v) is 11.0. The van der Waals surface area contributed by atoms with Gasteiger partial charge in [0.05, 0.1) is 12.5 Å². The first-order valence-electron chi connectivity index (χ1n) is 21.3. The van der Waals surface area contributed by atoms with Crippen LogP contribution in [-0.2, 0) is 23.8 Å². The molecule has 0 N–H and O–H groups in total. The summed E-state index contributed by atoms with van der Waals surface area (Å²) in [5, 5.41) is 0. The van der Waals surface area contributed by atoms with Gasteiger partial charge in [-0.3, -0.25) is 9.59 Å². The van der Waals surface area contributed by atoms with E-state index in [1.807, 2.05) is 27.1 Å². The standard InChI is InChI=1S/C45H77NO5/c1-9-10-27-50-43(48)31-37(51-42(47)19-15-26-46(7)8)18-12-11-13-28-49-36-24-25-45(6)35(30-36)20-21-39-40-23-22-38(33(4)17-14-16-32(2)3)44(40)34(5)29-41(39)45/h9-10,20,32-34,36-41,44H,11-19,21-31H2,1-8H3/b10-9+/t33-,34-,36+,37?,38-,39?,40?,41?,44?,45+/m1/s1. The maximum Gasteiger partial charge on any atom is 0.309 e. The molecule has 4 aliphatic carbocycles. The molecule has 6 heteroatoms. The van der Waals surface area contributed by atoms with Crippen molar-refractivity contribution in [1.82, 2.24) is 4.90 Å². The second kappa shape index (κ2) is 20.7. The molecule has 0 bridgehead atoms. The molecule has 0 amide bonds. The molecule has 0 spiro atoms. The Hall–Kier alpha value is -1.66. The molecule has 0 aliphatic heterocycles. The van der Waals surface area contributed by atoms with E-state index >= 15 is 0 Å². The number of allylic oxidation sites excluding steroid dienone is 2. The highest BCUT2D eigenvalue weighted by molar-refractivity contribution is 5.72. The summed E-state index contributed by atoms with van der Waals surface area (Å²) in [4.78, 5) is 27.0. The van der Waals surface area contributed by atoms with Gasteiger partial charge < -0.3 is 19.1 Å². The fourth-order valence-electron chi connectivity index (χ4n) is 11.0. The van der Waals surface area contributed by atoms with Crippen molar-refractivity contribution >= 4 is 11.9 Å². The van der Waals surface area contributed by atoms with E-state index in [0.29, 0.717) is 24.4 Å². The Bertz CT molecular complexity index is 1130. The van der Waals surface area contributed by atoms with E-state index < -0.39 is 6.10 Å². The molecule has 0 saturated heterocycles. The van der Waals surface area contributed by atoms with Crippen LogP contribution in [0.3, 0.4) is 0 Å². The number of esters is 2. The number of ether oxygens (including phenoxy) is 3. The van der Waals surface area contributed by atoms with Crippen molar-refractivity contribution in [1.29, 1.82) is 0 Å². The Kier molecular flexibility index (Phi) is 17.1. The predicted molar refractivity (Wildman–Crippen MR) is 209 cm³/mol. The Morgan fingerprint density at radius 1 is 0.980 bits per heavy atom. The summed E-state index contributed by atoms with van der Waals surface area (Å²) in [5.41, 5.74) is 2.06. The van der Waals surface area contributed by atoms with Gasteiger partial charge in [0.2, 0.25) is 0 Å². The van der Waals surface area contributed by atoms with Gasteiger partial charge in [0.1, 0.15) is 12.7 Å². The monoisotopic (exact) mass is 712 g/mol. The number of fused-ring (bicyclic) bond motifs is 5. The van der Waals surface area contributed by atoms with Crippen LogP contribution < -0.4 is 0 Å². The van der Waals surface area contributed by atoms with E-state index in [1.165, 1.54) is 57.8 Å². The number of hydrogen-bond acceptors (Lipinski definition) is 6. The zero-order chi connectivity index (χ0) is 37.0. The van der Waals surface area contributed by atoms with Crippen molar-refractivity contribution in [2.45, 2.75) is 163 Å². The van der Waals surface area contributed by atoms with Crippen LogP contribution in [0.2, 0.25) is 0 Å². The van der Waals surface area contributed by atoms with Gasteiger partial charge in [-0.05, 0) is 151 Å². The summed E-state index contributed by atoms with van der Waals surface area (Å²) in [5.74, 6) is 6.61. The van der Waals surface area contributed by atoms with E-state index in [0.717, 1.165) is 92.6 Å². The van der Waals surface area contributed by atoms with Gasteiger partial charge in [0.25, 0.3) is 0 Å². The third-order valence-electron chi connectivity index (χ3n) is 13.7. The molecule has 4 rings (SSSR count). The maximum atomic E-state index is 12.5. The average Bonchev–Trinajstić information content (AvgIpc) is 3.53. The zero-order valence-corrected chi connectivity index (χ0v) is 34.1. The highest BCUT2D eigenvalue weighted by atomic mass is 16.6. The minimum atomic E-state index is -0.431. The average molecular weight is 712 g/mol. The van der Waals surface area contributed by atoms with Gasteiger partial charge in [-0.15, -0.1) is 0 Å². The molecule has 5 unspecified atom stereocenters. The summed E-state index contributed by atoms with van der Waals surface area (Å²) < 4.78 is 17.6. The van der Waals surface area contributed by atoms with Crippen LogP contribution in [0.1, 0.15) is 151 Å². The van der Waals surface area contributed by atoms with Gasteiger partial charge in [-0.1, -0.05) is 84.1 Å². The minimum absolute atomic E-state index is 0.115. The zero-order valence-electron chi connectivity index (χ0n) is 34.1. The summed E-state index contributed by atoms with van der Waals surface area (Å²) in [6, 6.07) is 0. The van der Waals surface area contributed by atoms with Gasteiger partial charge in [0, 0.05) is 13.0 Å². The maximum absolute atomic E-state index is 12.5. The first-order chi connectivity index (χ1) is 24.4. The first-order valence-corrected chi connectivity index (χ1v) is 21.3. The third-order valence-corrected chi connectivity index (χ3v) is 13.7. The van der Waals surface area contributed by atoms with Crippen molar-refractivity contribution < 1.29 is 23.8 Å². The fraction of sp³-hybridized carbons (Fsp3) is 0.867. The Balaban J connectivity index is 1.21. The largest absolute Gasteiger partial charge is 0.462 e. The number of unbranched alkanes of at least 4 members (excludes halogenated alkanes) is 2. The molecule has 0 aromatic carbocycles. The van der Waals surface area contributed by atoms with Crippen LogP contribution in [0.4, 0.5) is 0 Å². The molecule has 0 heterocycles. The molecule has 3 saturated carbocycles. The van der Waals surface area contributed by atoms with E-state index in [1.54, 1.807) is 11.6 Å². The number of rotatable bonds is 21. The van der Waals surface area contributed by atoms with Crippen molar-refractivity contribution in [2.75, 3.05) is 33.9 Å². The number of carbonyl (C=O) groups is 2. The summed E-state index contributed by atoms with van der Waals surface area (Å²) >= 11 is 0. The molecule has 292 valence electrons. The van der Waals surface area contributed by atoms with Gasteiger partial charge >= 0.3 is 11.9 Å². The van der Waals surface area contributed by atoms with Crippen LogP contribution in [0, 0.1) is 52.8 Å². The summed E-state index contributed by atoms with van der Waals surface area (Å²) in [6.45, 7) is 16.3. The highest BCUT2D eigenvalue weighted by Gasteiger charge is 2.56. The molecule has 0 aromatic rings. The lowest BCUT2D eigenvalue weighted by Crippen LogP contribution is -2.50. The Morgan fingerprint density at radius 3 is 2.53 bits per heavy atom. The molecular formula is C45H77NO5. The van der Waals surface area contributed by atoms with Crippen LogP contribution in [0.25, 0.3) is 0 Å². The van der Waals surface area contributed by atoms with Crippen molar-refractivity contribution in [2.24, 2.45) is 52.8 Å². The summed E-state index contributed by atoms with van der Waals surface area (Å²) in [6.07, 6.45) is 24.5. The quantitative estimate of drug-likeness (QED) is 0.0671. The van der Waals surface area contributed by atoms with E-state index in [9.17, 15) is 9.59 Å². The molecule has 0 radical (unpaired) electrons. The highest BCUT2D eigenvalue weighted by Crippen LogP contribution is 2.64. The van der Waals surface area contributed by atoms with E-state index in [2.05, 4.69) is 45.6 Å². The molecule has 3 fully saturated rings. The number of hydrogen-bond donors (Lipinski definition) is 0. The lowest BCUT2D eigenvalue weighted by atomic mass is 9.48. The van der Waals surface area contributed by atoms with Crippen molar-refractivity contribution in [3.63, 3.8) is 0 Å². The molecule has 10 atom stereocenters. The van der Waals surface area contributed by atoms with Crippen LogP contribution in [-0.4, -0.2) is 62.9 Å². The lowest BCUT2D eigenvalue weighted by Gasteiger charge is -2.57. The smallest absolute Gasteiger partial charge is 0.309 e. The normalized spacial score (nSPS) is 31.6. The Morgan fingerprint density at radius 2 is 1.78 bits per heavy atom. The topological polar surface area (TPSA) is 65.1 Å². The molecule has 4 aliphatic rings. The lowest BCUT2D eigenvalue weighted by molar-refractivity contribution is -0.155. The van der Waals surface area contributed by atoms with Gasteiger partial charge in [0.15, 0.2) is 0 Å².